The van der Waals surface area contributed by atoms with Crippen LogP contribution < -0.4 is 0 Å². The number of carbonyl (C=O) groups excluding carboxylic acids is 1. The van der Waals surface area contributed by atoms with Gasteiger partial charge in [0.1, 0.15) is 5.70 Å². The van der Waals surface area contributed by atoms with Gasteiger partial charge in [-0.1, -0.05) is 18.5 Å². The smallest absolute Gasteiger partial charge is 0.280 e. The van der Waals surface area contributed by atoms with Gasteiger partial charge in [0.05, 0.1) is 5.02 Å². The number of pyridine rings is 1. The molecule has 3 nitrogen and oxygen atoms in total. The average molecular weight is 273 g/mol. The lowest BCUT2D eigenvalue weighted by Gasteiger charge is -1.99. The predicted molar refractivity (Wildman–Crippen MR) is 66.2 cm³/mol. The Labute approximate surface area is 108 Å². The second-order valence-corrected chi connectivity index (χ2v) is 3.82. The van der Waals surface area contributed by atoms with Crippen LogP contribution in [0.2, 0.25) is 5.02 Å². The molecule has 0 bridgehead atoms. The van der Waals surface area contributed by atoms with E-state index in [0.29, 0.717) is 10.6 Å². The first kappa shape index (κ1) is 14.4. The minimum Gasteiger partial charge on any atom is -0.295 e. The highest BCUT2D eigenvalue weighted by Gasteiger charge is 2.10. The van der Waals surface area contributed by atoms with E-state index in [2.05, 4.69) is 9.98 Å². The molecule has 18 heavy (non-hydrogen) atoms. The predicted octanol–water partition coefficient (Wildman–Crippen LogP) is 3.28. The van der Waals surface area contributed by atoms with Crippen molar-refractivity contribution in [3.8, 4) is 0 Å². The summed E-state index contributed by atoms with van der Waals surface area (Å²) in [7, 11) is 0. The Morgan fingerprint density at radius 3 is 2.83 bits per heavy atom. The summed E-state index contributed by atoms with van der Waals surface area (Å²) in [5, 5.41) is 0.381. The van der Waals surface area contributed by atoms with Crippen molar-refractivity contribution < 1.29 is 13.6 Å². The van der Waals surface area contributed by atoms with Crippen molar-refractivity contribution in [1.29, 1.82) is 0 Å². The normalized spacial score (nSPS) is 12.4. The number of nitrogens with zero attached hydrogens (tertiary/aromatic N) is 2. The fraction of sp³-hybridized carbons (Fsp3) is 0.250. The molecule has 0 aliphatic heterocycles. The zero-order valence-corrected chi connectivity index (χ0v) is 10.4. The van der Waals surface area contributed by atoms with Crippen LogP contribution in [0.5, 0.6) is 0 Å². The molecule has 0 radical (unpaired) electrons. The van der Waals surface area contributed by atoms with Crippen LogP contribution in [0.1, 0.15) is 18.9 Å². The van der Waals surface area contributed by atoms with Gasteiger partial charge in [0.25, 0.3) is 6.43 Å². The lowest BCUT2D eigenvalue weighted by atomic mass is 10.2. The average Bonchev–Trinajstić information content (AvgIpc) is 2.33. The number of aliphatic imine (C=N–C) groups is 1. The molecule has 0 unspecified atom stereocenters. The zero-order chi connectivity index (χ0) is 13.5. The Morgan fingerprint density at radius 2 is 2.28 bits per heavy atom. The van der Waals surface area contributed by atoms with Crippen LogP contribution in [0.15, 0.2) is 35.2 Å². The van der Waals surface area contributed by atoms with Crippen molar-refractivity contribution in [1.82, 2.24) is 4.98 Å². The van der Waals surface area contributed by atoms with Gasteiger partial charge in [0.2, 0.25) is 0 Å². The minimum absolute atomic E-state index is 0.157. The molecule has 0 aliphatic carbocycles. The third-order valence-electron chi connectivity index (χ3n) is 1.97. The first-order valence-corrected chi connectivity index (χ1v) is 5.58. The van der Waals surface area contributed by atoms with Crippen molar-refractivity contribution in [2.24, 2.45) is 4.99 Å². The summed E-state index contributed by atoms with van der Waals surface area (Å²) in [6.07, 6.45) is 2.25. The first-order chi connectivity index (χ1) is 8.52. The summed E-state index contributed by atoms with van der Waals surface area (Å²) in [4.78, 5) is 18.5. The third kappa shape index (κ3) is 4.71. The van der Waals surface area contributed by atoms with E-state index in [9.17, 15) is 13.6 Å². The van der Waals surface area contributed by atoms with E-state index < -0.39 is 17.9 Å². The second kappa shape index (κ2) is 6.96. The van der Waals surface area contributed by atoms with Gasteiger partial charge in [-0.25, -0.2) is 8.78 Å². The maximum atomic E-state index is 12.6. The van der Waals surface area contributed by atoms with Gasteiger partial charge in [-0.3, -0.25) is 14.8 Å². The number of ketones is 1. The number of halogens is 3. The van der Waals surface area contributed by atoms with Gasteiger partial charge >= 0.3 is 0 Å². The zero-order valence-electron chi connectivity index (χ0n) is 9.61. The maximum Gasteiger partial charge on any atom is 0.280 e. The number of aromatic nitrogens is 1. The van der Waals surface area contributed by atoms with Crippen LogP contribution >= 0.6 is 11.6 Å². The summed E-state index contributed by atoms with van der Waals surface area (Å²) in [5.74, 6) is -0.397. The molecule has 0 saturated carbocycles. The molecule has 0 N–H and O–H groups in total. The molecular weight excluding hydrogens is 262 g/mol. The molecule has 1 aromatic heterocycles. The highest BCUT2D eigenvalue weighted by molar-refractivity contribution is 6.30. The summed E-state index contributed by atoms with van der Waals surface area (Å²) in [5.41, 5.74) is -0.0835. The molecule has 0 aliphatic rings. The highest BCUT2D eigenvalue weighted by atomic mass is 35.5. The molecular formula is C12H11ClF2N2O. The van der Waals surface area contributed by atoms with E-state index >= 15 is 0 Å². The van der Waals surface area contributed by atoms with Crippen LogP contribution in [0, 0.1) is 0 Å². The molecule has 0 atom stereocenters. The number of alkyl halides is 2. The Bertz CT molecular complexity index is 487. The monoisotopic (exact) mass is 272 g/mol. The minimum atomic E-state index is -2.80. The summed E-state index contributed by atoms with van der Waals surface area (Å²) >= 11 is 5.69. The van der Waals surface area contributed by atoms with E-state index in [1.807, 2.05) is 0 Å². The molecule has 0 aromatic carbocycles. The van der Waals surface area contributed by atoms with E-state index in [-0.39, 0.29) is 6.42 Å². The second-order valence-electron chi connectivity index (χ2n) is 3.38. The molecule has 6 heteroatoms. The molecule has 96 valence electrons. The molecule has 1 aromatic rings. The Morgan fingerprint density at radius 1 is 1.56 bits per heavy atom. The molecule has 0 saturated heterocycles. The van der Waals surface area contributed by atoms with Crippen LogP contribution in [0.25, 0.3) is 0 Å². The van der Waals surface area contributed by atoms with Crippen molar-refractivity contribution in [2.45, 2.75) is 19.8 Å². The number of hydrogen-bond donors (Lipinski definition) is 0. The van der Waals surface area contributed by atoms with Crippen molar-refractivity contribution >= 4 is 23.6 Å². The van der Waals surface area contributed by atoms with Gasteiger partial charge in [0.15, 0.2) is 5.78 Å². The standard InChI is InChI=1S/C12H11ClF2N2O/c1-2-10(18)4-11(12(14)15)17-6-8-3-9(13)7-16-5-8/h3-7,12H,2H2,1H3/b11-4+,17-6+. The quantitative estimate of drug-likeness (QED) is 0.610. The van der Waals surface area contributed by atoms with Crippen molar-refractivity contribution in [3.63, 3.8) is 0 Å². The fourth-order valence-electron chi connectivity index (χ4n) is 1.07. The lowest BCUT2D eigenvalue weighted by Crippen LogP contribution is -2.00. The third-order valence-corrected chi connectivity index (χ3v) is 2.18. The van der Waals surface area contributed by atoms with Crippen LogP contribution in [-0.2, 0) is 4.79 Å². The molecule has 1 heterocycles. The fourth-order valence-corrected chi connectivity index (χ4v) is 1.25. The van der Waals surface area contributed by atoms with Gasteiger partial charge in [-0.15, -0.1) is 0 Å². The van der Waals surface area contributed by atoms with Crippen LogP contribution in [0.3, 0.4) is 0 Å². The maximum absolute atomic E-state index is 12.6. The first-order valence-electron chi connectivity index (χ1n) is 5.20. The molecule has 1 rings (SSSR count). The van der Waals surface area contributed by atoms with Crippen molar-refractivity contribution in [2.75, 3.05) is 0 Å². The molecule has 0 spiro atoms. The van der Waals surface area contributed by atoms with Gasteiger partial charge in [0, 0.05) is 36.7 Å². The topological polar surface area (TPSA) is 42.3 Å². The van der Waals surface area contributed by atoms with E-state index in [0.717, 1.165) is 6.08 Å². The van der Waals surface area contributed by atoms with Crippen LogP contribution in [-0.4, -0.2) is 23.4 Å². The number of carbonyl (C=O) groups is 1. The molecule has 0 amide bonds. The lowest BCUT2D eigenvalue weighted by molar-refractivity contribution is -0.114. The number of hydrogen-bond acceptors (Lipinski definition) is 3. The number of rotatable bonds is 5. The Kier molecular flexibility index (Phi) is 5.58. The van der Waals surface area contributed by atoms with E-state index in [1.54, 1.807) is 6.92 Å². The van der Waals surface area contributed by atoms with Crippen molar-refractivity contribution in [3.05, 3.63) is 40.8 Å². The Balaban J connectivity index is 2.91. The van der Waals surface area contributed by atoms with Gasteiger partial charge < -0.3 is 0 Å². The van der Waals surface area contributed by atoms with E-state index in [1.165, 1.54) is 24.7 Å². The SMILES string of the molecule is CCC(=O)/C=C(/N=C/c1cncc(Cl)c1)C(F)F. The van der Waals surface area contributed by atoms with Crippen LogP contribution in [0.4, 0.5) is 8.78 Å². The summed E-state index contributed by atoms with van der Waals surface area (Å²) in [6.45, 7) is 1.59. The molecule has 0 fully saturated rings. The summed E-state index contributed by atoms with van der Waals surface area (Å²) in [6, 6.07) is 1.53. The summed E-state index contributed by atoms with van der Waals surface area (Å²) < 4.78 is 25.2. The largest absolute Gasteiger partial charge is 0.295 e. The Hall–Kier alpha value is -1.62. The number of allylic oxidation sites excluding steroid dienone is 2. The van der Waals surface area contributed by atoms with Gasteiger partial charge in [-0.05, 0) is 6.07 Å². The van der Waals surface area contributed by atoms with Gasteiger partial charge in [-0.2, -0.15) is 0 Å². The highest BCUT2D eigenvalue weighted by Crippen LogP contribution is 2.12. The van der Waals surface area contributed by atoms with E-state index in [4.69, 9.17) is 11.6 Å².